The Morgan fingerprint density at radius 3 is 2.53 bits per heavy atom. The molecular weight excluding hydrogens is 216 g/mol. The minimum absolute atomic E-state index is 0.122. The third-order valence-corrected chi connectivity index (χ3v) is 5.26. The van der Waals surface area contributed by atoms with Gasteiger partial charge in [-0.05, 0) is 31.6 Å². The van der Waals surface area contributed by atoms with Crippen LogP contribution in [0.15, 0.2) is 0 Å². The standard InChI is InChI=1S/C14H24O3/c1-16-12-9-14(15,10-12)11-4-7-17-13(8-11)5-2-3-6-13/h11-12,15H,2-10H2,1H3. The highest BCUT2D eigenvalue weighted by Crippen LogP contribution is 2.50. The molecule has 0 aromatic heterocycles. The third kappa shape index (κ3) is 2.02. The summed E-state index contributed by atoms with van der Waals surface area (Å²) in [6.07, 6.45) is 9.02. The Kier molecular flexibility index (Phi) is 2.96. The first-order valence-electron chi connectivity index (χ1n) is 7.05. The van der Waals surface area contributed by atoms with Gasteiger partial charge in [0.15, 0.2) is 0 Å². The Morgan fingerprint density at radius 1 is 1.18 bits per heavy atom. The van der Waals surface area contributed by atoms with Gasteiger partial charge in [-0.15, -0.1) is 0 Å². The number of aliphatic hydroxyl groups is 1. The van der Waals surface area contributed by atoms with Crippen LogP contribution >= 0.6 is 0 Å². The van der Waals surface area contributed by atoms with E-state index in [1.165, 1.54) is 25.7 Å². The van der Waals surface area contributed by atoms with E-state index in [4.69, 9.17) is 9.47 Å². The zero-order valence-electron chi connectivity index (χ0n) is 10.8. The molecule has 0 bridgehead atoms. The molecule has 1 atom stereocenters. The molecule has 1 unspecified atom stereocenters. The van der Waals surface area contributed by atoms with Crippen LogP contribution in [0.25, 0.3) is 0 Å². The van der Waals surface area contributed by atoms with Crippen LogP contribution in [0.2, 0.25) is 0 Å². The van der Waals surface area contributed by atoms with Crippen molar-refractivity contribution in [1.82, 2.24) is 0 Å². The van der Waals surface area contributed by atoms with Gasteiger partial charge in [-0.25, -0.2) is 0 Å². The van der Waals surface area contributed by atoms with Gasteiger partial charge in [0.1, 0.15) is 0 Å². The third-order valence-electron chi connectivity index (χ3n) is 5.26. The van der Waals surface area contributed by atoms with Gasteiger partial charge < -0.3 is 14.6 Å². The fraction of sp³-hybridized carbons (Fsp3) is 1.00. The molecule has 0 radical (unpaired) electrons. The van der Waals surface area contributed by atoms with Gasteiger partial charge in [0.25, 0.3) is 0 Å². The van der Waals surface area contributed by atoms with E-state index in [-0.39, 0.29) is 11.7 Å². The molecule has 3 rings (SSSR count). The molecule has 3 heteroatoms. The summed E-state index contributed by atoms with van der Waals surface area (Å²) >= 11 is 0. The van der Waals surface area contributed by atoms with Crippen LogP contribution in [-0.2, 0) is 9.47 Å². The first kappa shape index (κ1) is 11.9. The average Bonchev–Trinajstić information content (AvgIpc) is 2.73. The summed E-state index contributed by atoms with van der Waals surface area (Å²) in [5.41, 5.74) is -0.336. The largest absolute Gasteiger partial charge is 0.389 e. The van der Waals surface area contributed by atoms with E-state index in [0.717, 1.165) is 32.3 Å². The maximum atomic E-state index is 10.6. The first-order chi connectivity index (χ1) is 8.16. The molecule has 3 nitrogen and oxygen atoms in total. The number of methoxy groups -OCH3 is 1. The summed E-state index contributed by atoms with van der Waals surface area (Å²) in [5.74, 6) is 0.431. The summed E-state index contributed by atoms with van der Waals surface area (Å²) in [5, 5.41) is 10.6. The summed E-state index contributed by atoms with van der Waals surface area (Å²) in [4.78, 5) is 0. The summed E-state index contributed by atoms with van der Waals surface area (Å²) < 4.78 is 11.3. The highest BCUT2D eigenvalue weighted by molar-refractivity contribution is 5.04. The lowest BCUT2D eigenvalue weighted by Gasteiger charge is -2.52. The topological polar surface area (TPSA) is 38.7 Å². The predicted molar refractivity (Wildman–Crippen MR) is 64.9 cm³/mol. The van der Waals surface area contributed by atoms with Crippen molar-refractivity contribution in [2.75, 3.05) is 13.7 Å². The summed E-state index contributed by atoms with van der Waals surface area (Å²) in [6.45, 7) is 0.838. The molecule has 1 aliphatic heterocycles. The van der Waals surface area contributed by atoms with Crippen molar-refractivity contribution in [3.8, 4) is 0 Å². The lowest BCUT2D eigenvalue weighted by molar-refractivity contribution is -0.198. The maximum absolute atomic E-state index is 10.6. The Hall–Kier alpha value is -0.120. The Morgan fingerprint density at radius 2 is 1.88 bits per heavy atom. The SMILES string of the molecule is COC1CC(O)(C2CCOC3(CCCC3)C2)C1. The van der Waals surface area contributed by atoms with Crippen molar-refractivity contribution in [3.63, 3.8) is 0 Å². The maximum Gasteiger partial charge on any atom is 0.0727 e. The van der Waals surface area contributed by atoms with E-state index in [9.17, 15) is 5.11 Å². The predicted octanol–water partition coefficient (Wildman–Crippen LogP) is 2.27. The van der Waals surface area contributed by atoms with Gasteiger partial charge in [-0.3, -0.25) is 0 Å². The Labute approximate surface area is 103 Å². The van der Waals surface area contributed by atoms with Gasteiger partial charge in [-0.1, -0.05) is 12.8 Å². The van der Waals surface area contributed by atoms with E-state index in [1.807, 2.05) is 0 Å². The Balaban J connectivity index is 1.64. The van der Waals surface area contributed by atoms with Crippen molar-refractivity contribution in [2.24, 2.45) is 5.92 Å². The van der Waals surface area contributed by atoms with Crippen molar-refractivity contribution in [3.05, 3.63) is 0 Å². The molecule has 1 spiro atoms. The van der Waals surface area contributed by atoms with Crippen LogP contribution in [0.1, 0.15) is 51.4 Å². The van der Waals surface area contributed by atoms with E-state index < -0.39 is 5.60 Å². The molecule has 1 heterocycles. The molecule has 3 fully saturated rings. The molecule has 2 aliphatic carbocycles. The zero-order chi connectivity index (χ0) is 11.9. The molecule has 0 aromatic carbocycles. The first-order valence-corrected chi connectivity index (χ1v) is 7.05. The van der Waals surface area contributed by atoms with Crippen LogP contribution in [-0.4, -0.2) is 36.1 Å². The number of hydrogen-bond acceptors (Lipinski definition) is 3. The minimum atomic E-state index is -0.458. The number of hydrogen-bond donors (Lipinski definition) is 1. The molecule has 98 valence electrons. The number of ether oxygens (including phenoxy) is 2. The quantitative estimate of drug-likeness (QED) is 0.804. The van der Waals surface area contributed by atoms with Crippen molar-refractivity contribution in [2.45, 2.75) is 68.7 Å². The Bertz CT molecular complexity index is 277. The van der Waals surface area contributed by atoms with E-state index in [0.29, 0.717) is 5.92 Å². The van der Waals surface area contributed by atoms with Crippen LogP contribution in [0.4, 0.5) is 0 Å². The van der Waals surface area contributed by atoms with Crippen LogP contribution in [0, 0.1) is 5.92 Å². The fourth-order valence-corrected chi connectivity index (χ4v) is 4.08. The highest BCUT2D eigenvalue weighted by Gasteiger charge is 2.52. The van der Waals surface area contributed by atoms with E-state index in [2.05, 4.69) is 0 Å². The highest BCUT2D eigenvalue weighted by atomic mass is 16.5. The van der Waals surface area contributed by atoms with Gasteiger partial charge in [-0.2, -0.15) is 0 Å². The molecule has 3 aliphatic rings. The van der Waals surface area contributed by atoms with Gasteiger partial charge in [0.2, 0.25) is 0 Å². The second-order valence-corrected chi connectivity index (χ2v) is 6.30. The molecule has 0 aromatic rings. The van der Waals surface area contributed by atoms with Crippen LogP contribution < -0.4 is 0 Å². The monoisotopic (exact) mass is 240 g/mol. The van der Waals surface area contributed by atoms with Crippen molar-refractivity contribution < 1.29 is 14.6 Å². The fourth-order valence-electron chi connectivity index (χ4n) is 4.08. The van der Waals surface area contributed by atoms with E-state index in [1.54, 1.807) is 7.11 Å². The van der Waals surface area contributed by atoms with E-state index >= 15 is 0 Å². The molecule has 17 heavy (non-hydrogen) atoms. The second kappa shape index (κ2) is 4.22. The summed E-state index contributed by atoms with van der Waals surface area (Å²) in [6, 6.07) is 0. The molecular formula is C14H24O3. The minimum Gasteiger partial charge on any atom is -0.389 e. The molecule has 2 saturated carbocycles. The molecule has 0 amide bonds. The van der Waals surface area contributed by atoms with Crippen LogP contribution in [0.5, 0.6) is 0 Å². The zero-order valence-corrected chi connectivity index (χ0v) is 10.8. The van der Waals surface area contributed by atoms with Gasteiger partial charge >= 0.3 is 0 Å². The molecule has 1 saturated heterocycles. The van der Waals surface area contributed by atoms with Crippen molar-refractivity contribution in [1.29, 1.82) is 0 Å². The average molecular weight is 240 g/mol. The van der Waals surface area contributed by atoms with Gasteiger partial charge in [0.05, 0.1) is 17.3 Å². The smallest absolute Gasteiger partial charge is 0.0727 e. The molecule has 1 N–H and O–H groups in total. The summed E-state index contributed by atoms with van der Waals surface area (Å²) in [7, 11) is 1.74. The number of rotatable bonds is 2. The van der Waals surface area contributed by atoms with Crippen LogP contribution in [0.3, 0.4) is 0 Å². The normalized spacial score (nSPS) is 44.8. The van der Waals surface area contributed by atoms with Gasteiger partial charge in [0, 0.05) is 26.6 Å². The van der Waals surface area contributed by atoms with Crippen molar-refractivity contribution >= 4 is 0 Å². The second-order valence-electron chi connectivity index (χ2n) is 6.30. The lowest BCUT2D eigenvalue weighted by atomic mass is 9.64. The lowest BCUT2D eigenvalue weighted by Crippen LogP contribution is -2.56.